The first-order chi connectivity index (χ1) is 9.39. The lowest BCUT2D eigenvalue weighted by molar-refractivity contribution is 0.231. The van der Waals surface area contributed by atoms with Crippen molar-refractivity contribution in [3.05, 3.63) is 24.3 Å². The van der Waals surface area contributed by atoms with E-state index in [-0.39, 0.29) is 11.4 Å². The van der Waals surface area contributed by atoms with Crippen LogP contribution in [0.4, 0.5) is 10.5 Å². The Labute approximate surface area is 119 Å². The summed E-state index contributed by atoms with van der Waals surface area (Å²) < 4.78 is 25.4. The number of primary amides is 1. The van der Waals surface area contributed by atoms with Crippen molar-refractivity contribution in [3.63, 3.8) is 0 Å². The Hall–Kier alpha value is -1.76. The van der Waals surface area contributed by atoms with E-state index in [1.54, 1.807) is 0 Å². The number of hydrogen-bond donors (Lipinski definition) is 2. The summed E-state index contributed by atoms with van der Waals surface area (Å²) in [5, 5.41) is 0. The Morgan fingerprint density at radius 3 is 2.25 bits per heavy atom. The molecule has 0 aliphatic rings. The van der Waals surface area contributed by atoms with E-state index in [0.29, 0.717) is 16.4 Å². The van der Waals surface area contributed by atoms with E-state index in [4.69, 9.17) is 11.5 Å². The van der Waals surface area contributed by atoms with E-state index in [9.17, 15) is 13.2 Å². The largest absolute Gasteiger partial charge is 0.399 e. The maximum absolute atomic E-state index is 12.3. The molecule has 0 aliphatic heterocycles. The Kier molecular flexibility index (Phi) is 5.82. The normalized spacial score (nSPS) is 11.2. The third-order valence-electron chi connectivity index (χ3n) is 2.93. The van der Waals surface area contributed by atoms with Crippen LogP contribution in [-0.2, 0) is 10.0 Å². The zero-order valence-corrected chi connectivity index (χ0v) is 12.4. The van der Waals surface area contributed by atoms with Crippen LogP contribution < -0.4 is 11.5 Å². The Morgan fingerprint density at radius 2 is 1.75 bits per heavy atom. The molecular weight excluding hydrogens is 278 g/mol. The van der Waals surface area contributed by atoms with Gasteiger partial charge in [-0.25, -0.2) is 17.5 Å². The smallest absolute Gasteiger partial charge is 0.328 e. The summed E-state index contributed by atoms with van der Waals surface area (Å²) in [5.74, 6) is 0. The molecule has 0 aliphatic carbocycles. The van der Waals surface area contributed by atoms with Gasteiger partial charge in [-0.1, -0.05) is 26.2 Å². The molecule has 0 heterocycles. The number of unbranched alkanes of at least 4 members (excludes halogenated alkanes) is 3. The second-order valence-electron chi connectivity index (χ2n) is 4.55. The van der Waals surface area contributed by atoms with E-state index in [1.807, 2.05) is 0 Å². The SMILES string of the molecule is CCCCCCN(C(N)=O)S(=O)(=O)c1ccc(N)cc1. The lowest BCUT2D eigenvalue weighted by atomic mass is 10.2. The minimum absolute atomic E-state index is 0.0148. The molecule has 0 bridgehead atoms. The molecule has 0 aromatic heterocycles. The van der Waals surface area contributed by atoms with Gasteiger partial charge in [-0.05, 0) is 30.7 Å². The van der Waals surface area contributed by atoms with E-state index < -0.39 is 16.1 Å². The van der Waals surface area contributed by atoms with Gasteiger partial charge in [0.1, 0.15) is 0 Å². The van der Waals surface area contributed by atoms with Crippen LogP contribution in [0.25, 0.3) is 0 Å². The van der Waals surface area contributed by atoms with Gasteiger partial charge in [0.25, 0.3) is 10.0 Å². The van der Waals surface area contributed by atoms with Crippen LogP contribution in [-0.4, -0.2) is 25.3 Å². The summed E-state index contributed by atoms with van der Waals surface area (Å²) in [6.07, 6.45) is 3.48. The number of nitrogen functional groups attached to an aromatic ring is 1. The van der Waals surface area contributed by atoms with Gasteiger partial charge in [0.2, 0.25) is 0 Å². The van der Waals surface area contributed by atoms with Gasteiger partial charge in [0, 0.05) is 12.2 Å². The van der Waals surface area contributed by atoms with E-state index in [2.05, 4.69) is 6.92 Å². The molecule has 0 radical (unpaired) electrons. The Balaban J connectivity index is 2.89. The monoisotopic (exact) mass is 299 g/mol. The quantitative estimate of drug-likeness (QED) is 0.592. The van der Waals surface area contributed by atoms with Gasteiger partial charge >= 0.3 is 6.03 Å². The molecule has 0 saturated carbocycles. The average molecular weight is 299 g/mol. The Bertz CT molecular complexity index is 540. The molecule has 0 saturated heterocycles. The number of anilines is 1. The van der Waals surface area contributed by atoms with Gasteiger partial charge in [-0.15, -0.1) is 0 Å². The second-order valence-corrected chi connectivity index (χ2v) is 6.41. The summed E-state index contributed by atoms with van der Waals surface area (Å²) >= 11 is 0. The van der Waals surface area contributed by atoms with Crippen LogP contribution in [0.5, 0.6) is 0 Å². The minimum Gasteiger partial charge on any atom is -0.399 e. The molecule has 6 nitrogen and oxygen atoms in total. The standard InChI is InChI=1S/C13H21N3O3S/c1-2-3-4-5-10-16(13(15)17)20(18,19)12-8-6-11(14)7-9-12/h6-9H,2-5,10,14H2,1H3,(H2,15,17). The number of nitrogens with zero attached hydrogens (tertiary/aromatic N) is 1. The number of carbonyl (C=O) groups excluding carboxylic acids is 1. The van der Waals surface area contributed by atoms with E-state index >= 15 is 0 Å². The highest BCUT2D eigenvalue weighted by Crippen LogP contribution is 2.18. The molecule has 2 amide bonds. The molecule has 1 aromatic carbocycles. The highest BCUT2D eigenvalue weighted by molar-refractivity contribution is 7.89. The van der Waals surface area contributed by atoms with Gasteiger partial charge in [-0.2, -0.15) is 0 Å². The van der Waals surface area contributed by atoms with Crippen molar-refractivity contribution in [2.45, 2.75) is 37.5 Å². The zero-order valence-electron chi connectivity index (χ0n) is 11.6. The molecule has 0 fully saturated rings. The minimum atomic E-state index is -3.90. The number of sulfonamides is 1. The highest BCUT2D eigenvalue weighted by Gasteiger charge is 2.26. The van der Waals surface area contributed by atoms with Crippen molar-refractivity contribution in [1.82, 2.24) is 4.31 Å². The number of carbonyl (C=O) groups is 1. The van der Waals surface area contributed by atoms with Crippen molar-refractivity contribution in [3.8, 4) is 0 Å². The molecule has 0 spiro atoms. The molecule has 0 unspecified atom stereocenters. The van der Waals surface area contributed by atoms with Crippen LogP contribution in [0, 0.1) is 0 Å². The molecule has 112 valence electrons. The summed E-state index contributed by atoms with van der Waals surface area (Å²) in [6, 6.07) is 4.73. The number of amides is 2. The molecule has 1 aromatic rings. The zero-order chi connectivity index (χ0) is 15.2. The molecule has 20 heavy (non-hydrogen) atoms. The fraction of sp³-hybridized carbons (Fsp3) is 0.462. The van der Waals surface area contributed by atoms with Gasteiger partial charge in [0.05, 0.1) is 4.90 Å². The first kappa shape index (κ1) is 16.3. The van der Waals surface area contributed by atoms with Gasteiger partial charge in [-0.3, -0.25) is 0 Å². The fourth-order valence-electron chi connectivity index (χ4n) is 1.80. The van der Waals surface area contributed by atoms with Crippen LogP contribution in [0.1, 0.15) is 32.6 Å². The van der Waals surface area contributed by atoms with Crippen molar-refractivity contribution in [2.24, 2.45) is 5.73 Å². The summed E-state index contributed by atoms with van der Waals surface area (Å²) in [4.78, 5) is 11.4. The fourth-order valence-corrected chi connectivity index (χ4v) is 3.14. The molecule has 4 N–H and O–H groups in total. The Morgan fingerprint density at radius 1 is 1.15 bits per heavy atom. The average Bonchev–Trinajstić information content (AvgIpc) is 2.38. The third kappa shape index (κ3) is 4.12. The molecule has 7 heteroatoms. The van der Waals surface area contributed by atoms with Crippen molar-refractivity contribution >= 4 is 21.7 Å². The number of hydrogen-bond acceptors (Lipinski definition) is 4. The van der Waals surface area contributed by atoms with E-state index in [1.165, 1.54) is 24.3 Å². The summed E-state index contributed by atoms with van der Waals surface area (Å²) in [5.41, 5.74) is 11.2. The van der Waals surface area contributed by atoms with Gasteiger partial charge < -0.3 is 11.5 Å². The first-order valence-corrected chi connectivity index (χ1v) is 8.01. The predicted octanol–water partition coefficient (Wildman–Crippen LogP) is 1.92. The lowest BCUT2D eigenvalue weighted by Gasteiger charge is -2.20. The van der Waals surface area contributed by atoms with Crippen LogP contribution in [0.15, 0.2) is 29.2 Å². The molecular formula is C13H21N3O3S. The van der Waals surface area contributed by atoms with Crippen LogP contribution in [0.3, 0.4) is 0 Å². The number of urea groups is 1. The van der Waals surface area contributed by atoms with Crippen molar-refractivity contribution in [2.75, 3.05) is 12.3 Å². The number of benzene rings is 1. The maximum atomic E-state index is 12.3. The number of nitrogens with two attached hydrogens (primary N) is 2. The predicted molar refractivity (Wildman–Crippen MR) is 78.5 cm³/mol. The van der Waals surface area contributed by atoms with Crippen LogP contribution >= 0.6 is 0 Å². The summed E-state index contributed by atoms with van der Waals surface area (Å²) in [6.45, 7) is 2.15. The third-order valence-corrected chi connectivity index (χ3v) is 4.74. The molecule has 0 atom stereocenters. The van der Waals surface area contributed by atoms with Crippen molar-refractivity contribution in [1.29, 1.82) is 0 Å². The highest BCUT2D eigenvalue weighted by atomic mass is 32.2. The second kappa shape index (κ2) is 7.14. The molecule has 1 rings (SSSR count). The maximum Gasteiger partial charge on any atom is 0.328 e. The summed E-state index contributed by atoms with van der Waals surface area (Å²) in [7, 11) is -3.90. The van der Waals surface area contributed by atoms with Crippen LogP contribution in [0.2, 0.25) is 0 Å². The van der Waals surface area contributed by atoms with Crippen molar-refractivity contribution < 1.29 is 13.2 Å². The number of rotatable bonds is 7. The van der Waals surface area contributed by atoms with E-state index in [0.717, 1.165) is 19.3 Å². The van der Waals surface area contributed by atoms with Gasteiger partial charge in [0.15, 0.2) is 0 Å². The topological polar surface area (TPSA) is 106 Å². The first-order valence-electron chi connectivity index (χ1n) is 6.57. The lowest BCUT2D eigenvalue weighted by Crippen LogP contribution is -2.41.